The van der Waals surface area contributed by atoms with Gasteiger partial charge in [0.25, 0.3) is 0 Å². The number of anilines is 2. The second kappa shape index (κ2) is 6.49. The minimum atomic E-state index is -1.06. The minimum absolute atomic E-state index is 0.112. The molecule has 1 unspecified atom stereocenters. The van der Waals surface area contributed by atoms with Crippen LogP contribution in [0, 0.1) is 23.3 Å². The van der Waals surface area contributed by atoms with Gasteiger partial charge in [-0.1, -0.05) is 6.07 Å². The molecule has 2 heterocycles. The lowest BCUT2D eigenvalue weighted by atomic mass is 10.2. The molecule has 0 spiro atoms. The number of hydrogen-bond acceptors (Lipinski definition) is 4. The quantitative estimate of drug-likeness (QED) is 0.712. The van der Waals surface area contributed by atoms with E-state index in [1.54, 1.807) is 0 Å². The van der Waals surface area contributed by atoms with Crippen molar-refractivity contribution in [1.29, 1.82) is 0 Å². The van der Waals surface area contributed by atoms with Gasteiger partial charge in [-0.2, -0.15) is 0 Å². The van der Waals surface area contributed by atoms with Crippen LogP contribution in [0.15, 0.2) is 36.5 Å². The second-order valence-electron chi connectivity index (χ2n) is 6.06. The summed E-state index contributed by atoms with van der Waals surface area (Å²) >= 11 is 0. The van der Waals surface area contributed by atoms with Gasteiger partial charge < -0.3 is 10.2 Å². The number of halogens is 4. The van der Waals surface area contributed by atoms with Gasteiger partial charge in [-0.15, -0.1) is 0 Å². The summed E-state index contributed by atoms with van der Waals surface area (Å²) in [6.45, 7) is 0.120. The van der Waals surface area contributed by atoms with Crippen LogP contribution in [0.25, 0.3) is 11.0 Å². The summed E-state index contributed by atoms with van der Waals surface area (Å²) in [4.78, 5) is 21.7. The van der Waals surface area contributed by atoms with Crippen LogP contribution in [-0.4, -0.2) is 28.5 Å². The molecule has 1 N–H and O–H groups in total. The highest BCUT2D eigenvalue weighted by atomic mass is 19.2. The van der Waals surface area contributed by atoms with Crippen LogP contribution in [-0.2, 0) is 4.79 Å². The van der Waals surface area contributed by atoms with Gasteiger partial charge in [-0.25, -0.2) is 22.5 Å². The van der Waals surface area contributed by atoms with Crippen LogP contribution >= 0.6 is 0 Å². The molecule has 138 valence electrons. The number of carbonyl (C=O) groups is 1. The molecule has 0 radical (unpaired) electrons. The largest absolute Gasteiger partial charge is 0.357 e. The summed E-state index contributed by atoms with van der Waals surface area (Å²) in [6, 6.07) is 4.42. The van der Waals surface area contributed by atoms with Crippen LogP contribution in [0.5, 0.6) is 0 Å². The van der Waals surface area contributed by atoms with Crippen molar-refractivity contribution in [2.24, 2.45) is 0 Å². The Morgan fingerprint density at radius 3 is 2.37 bits per heavy atom. The first kappa shape index (κ1) is 17.2. The van der Waals surface area contributed by atoms with E-state index < -0.39 is 40.9 Å². The normalized spacial score (nSPS) is 17.0. The average molecular weight is 376 g/mol. The Kier molecular flexibility index (Phi) is 4.14. The number of aromatic nitrogens is 2. The van der Waals surface area contributed by atoms with E-state index in [0.717, 1.165) is 29.2 Å². The van der Waals surface area contributed by atoms with Gasteiger partial charge in [0.1, 0.15) is 29.2 Å². The van der Waals surface area contributed by atoms with Gasteiger partial charge in [0.2, 0.25) is 5.91 Å². The molecule has 0 bridgehead atoms. The number of hydrogen-bond donors (Lipinski definition) is 1. The number of nitrogens with zero attached hydrogens (tertiary/aromatic N) is 3. The van der Waals surface area contributed by atoms with Gasteiger partial charge in [-0.3, -0.25) is 9.78 Å². The lowest BCUT2D eigenvalue weighted by Gasteiger charge is -2.18. The first-order valence-electron chi connectivity index (χ1n) is 8.08. The van der Waals surface area contributed by atoms with E-state index in [-0.39, 0.29) is 29.8 Å². The molecule has 1 fully saturated rings. The van der Waals surface area contributed by atoms with E-state index in [2.05, 4.69) is 15.3 Å². The summed E-state index contributed by atoms with van der Waals surface area (Å²) in [7, 11) is 0. The molecule has 0 saturated carbocycles. The average Bonchev–Trinajstić information content (AvgIpc) is 2.97. The van der Waals surface area contributed by atoms with Gasteiger partial charge in [0.05, 0.1) is 17.2 Å². The Morgan fingerprint density at radius 2 is 1.67 bits per heavy atom. The van der Waals surface area contributed by atoms with Crippen molar-refractivity contribution in [3.8, 4) is 0 Å². The molecule has 4 rings (SSSR count). The van der Waals surface area contributed by atoms with Crippen molar-refractivity contribution in [3.05, 3.63) is 59.8 Å². The third-order valence-corrected chi connectivity index (χ3v) is 4.32. The number of rotatable bonds is 3. The topological polar surface area (TPSA) is 58.1 Å². The van der Waals surface area contributed by atoms with E-state index in [1.807, 2.05) is 0 Å². The predicted octanol–water partition coefficient (Wildman–Crippen LogP) is 3.40. The molecule has 5 nitrogen and oxygen atoms in total. The van der Waals surface area contributed by atoms with Crippen molar-refractivity contribution < 1.29 is 22.4 Å². The summed E-state index contributed by atoms with van der Waals surface area (Å²) in [5, 5.41) is 2.83. The van der Waals surface area contributed by atoms with E-state index in [1.165, 1.54) is 12.3 Å². The molecule has 9 heteroatoms. The number of carbonyl (C=O) groups excluding carboxylic acids is 1. The van der Waals surface area contributed by atoms with Crippen LogP contribution < -0.4 is 10.2 Å². The van der Waals surface area contributed by atoms with Gasteiger partial charge in [0.15, 0.2) is 11.6 Å². The fourth-order valence-corrected chi connectivity index (χ4v) is 3.04. The Balaban J connectivity index is 1.58. The van der Waals surface area contributed by atoms with Crippen molar-refractivity contribution in [2.45, 2.75) is 12.5 Å². The molecule has 1 aromatic heterocycles. The molecule has 1 amide bonds. The number of para-hydroxylation sites is 1. The number of nitrogens with one attached hydrogen (secondary N) is 1. The summed E-state index contributed by atoms with van der Waals surface area (Å²) in [6.07, 6.45) is 1.56. The van der Waals surface area contributed by atoms with E-state index in [4.69, 9.17) is 0 Å². The Hall–Kier alpha value is -3.23. The number of benzene rings is 2. The smallest absolute Gasteiger partial charge is 0.249 e. The zero-order valence-electron chi connectivity index (χ0n) is 13.7. The first-order valence-corrected chi connectivity index (χ1v) is 8.08. The predicted molar refractivity (Wildman–Crippen MR) is 90.2 cm³/mol. The van der Waals surface area contributed by atoms with E-state index in [0.29, 0.717) is 0 Å². The lowest BCUT2D eigenvalue weighted by Crippen LogP contribution is -2.34. The molecule has 3 aromatic rings. The van der Waals surface area contributed by atoms with Crippen LogP contribution in [0.3, 0.4) is 0 Å². The molecular weight excluding hydrogens is 364 g/mol. The first-order chi connectivity index (χ1) is 12.9. The fourth-order valence-electron chi connectivity index (χ4n) is 3.04. The van der Waals surface area contributed by atoms with Crippen molar-refractivity contribution in [2.75, 3.05) is 16.8 Å². The molecule has 1 aliphatic heterocycles. The molecular formula is C18H12F4N4O. The van der Waals surface area contributed by atoms with Crippen molar-refractivity contribution in [3.63, 3.8) is 0 Å². The maximum Gasteiger partial charge on any atom is 0.249 e. The van der Waals surface area contributed by atoms with Crippen molar-refractivity contribution in [1.82, 2.24) is 9.97 Å². The zero-order valence-corrected chi connectivity index (χ0v) is 13.7. The summed E-state index contributed by atoms with van der Waals surface area (Å²) in [5.41, 5.74) is -0.123. The lowest BCUT2D eigenvalue weighted by molar-refractivity contribution is -0.117. The number of fused-ring (bicyclic) bond motifs is 1. The van der Waals surface area contributed by atoms with Crippen LogP contribution in [0.2, 0.25) is 0 Å². The molecule has 0 aliphatic carbocycles. The highest BCUT2D eigenvalue weighted by molar-refractivity contribution is 6.01. The van der Waals surface area contributed by atoms with Crippen molar-refractivity contribution >= 4 is 28.4 Å². The highest BCUT2D eigenvalue weighted by Crippen LogP contribution is 2.28. The monoisotopic (exact) mass is 376 g/mol. The van der Waals surface area contributed by atoms with Crippen LogP contribution in [0.1, 0.15) is 6.42 Å². The third kappa shape index (κ3) is 3.05. The van der Waals surface area contributed by atoms with Crippen LogP contribution in [0.4, 0.5) is 29.1 Å². The number of amides is 1. The maximum absolute atomic E-state index is 13.9. The molecule has 1 saturated heterocycles. The zero-order chi connectivity index (χ0) is 19.1. The minimum Gasteiger partial charge on any atom is -0.357 e. The Morgan fingerprint density at radius 1 is 1.00 bits per heavy atom. The standard InChI is InChI=1S/C18H12F4N4O/c19-9-2-1-3-10(20)17(9)26-5-4-13(18(26)27)24-16-8-23-14-6-11(21)12(22)7-15(14)25-16/h1-3,6-8,13H,4-5H2,(H,24,25). The third-order valence-electron chi connectivity index (χ3n) is 4.32. The molecule has 1 atom stereocenters. The van der Waals surface area contributed by atoms with E-state index in [9.17, 15) is 22.4 Å². The Labute approximate surface area is 150 Å². The molecule has 2 aromatic carbocycles. The van der Waals surface area contributed by atoms with Gasteiger partial charge in [0, 0.05) is 18.7 Å². The highest BCUT2D eigenvalue weighted by Gasteiger charge is 2.35. The Bertz CT molecular complexity index is 1040. The van der Waals surface area contributed by atoms with E-state index >= 15 is 0 Å². The summed E-state index contributed by atoms with van der Waals surface area (Å²) in [5.74, 6) is -4.11. The van der Waals surface area contributed by atoms with Gasteiger partial charge in [-0.05, 0) is 18.6 Å². The maximum atomic E-state index is 13.9. The summed E-state index contributed by atoms with van der Waals surface area (Å²) < 4.78 is 54.5. The molecule has 1 aliphatic rings. The molecule has 27 heavy (non-hydrogen) atoms. The fraction of sp³-hybridized carbons (Fsp3) is 0.167. The van der Waals surface area contributed by atoms with Gasteiger partial charge >= 0.3 is 0 Å². The second-order valence-corrected chi connectivity index (χ2v) is 6.06. The SMILES string of the molecule is O=C1C(Nc2cnc3cc(F)c(F)cc3n2)CCN1c1c(F)cccc1F.